The maximum absolute atomic E-state index is 11.9. The fourth-order valence-electron chi connectivity index (χ4n) is 3.45. The van der Waals surface area contributed by atoms with Crippen molar-refractivity contribution in [3.8, 4) is 0 Å². The van der Waals surface area contributed by atoms with Gasteiger partial charge in [0, 0.05) is 12.2 Å². The third-order valence-electron chi connectivity index (χ3n) is 4.63. The lowest BCUT2D eigenvalue weighted by Gasteiger charge is -2.21. The van der Waals surface area contributed by atoms with E-state index in [1.807, 2.05) is 6.07 Å². The van der Waals surface area contributed by atoms with Crippen molar-refractivity contribution in [1.82, 2.24) is 5.32 Å². The van der Waals surface area contributed by atoms with Gasteiger partial charge in [-0.05, 0) is 61.3 Å². The maximum Gasteiger partial charge on any atom is 0.319 e. The van der Waals surface area contributed by atoms with Gasteiger partial charge < -0.3 is 10.6 Å². The fourth-order valence-corrected chi connectivity index (χ4v) is 3.45. The molecule has 0 heterocycles. The van der Waals surface area contributed by atoms with Crippen LogP contribution in [-0.4, -0.2) is 12.6 Å². The first-order valence-electron chi connectivity index (χ1n) is 7.98. The van der Waals surface area contributed by atoms with Crippen LogP contribution >= 0.6 is 0 Å². The minimum absolute atomic E-state index is 0.0616. The van der Waals surface area contributed by atoms with Gasteiger partial charge in [-0.2, -0.15) is 0 Å². The summed E-state index contributed by atoms with van der Waals surface area (Å²) in [4.78, 5) is 11.9. The summed E-state index contributed by atoms with van der Waals surface area (Å²) in [6.45, 7) is 0.816. The first-order chi connectivity index (χ1) is 9.81. The van der Waals surface area contributed by atoms with Crippen LogP contribution in [0.1, 0.15) is 49.7 Å². The Morgan fingerprint density at radius 1 is 1.05 bits per heavy atom. The van der Waals surface area contributed by atoms with Crippen LogP contribution in [0.5, 0.6) is 0 Å². The summed E-state index contributed by atoms with van der Waals surface area (Å²) >= 11 is 0. The van der Waals surface area contributed by atoms with Crippen LogP contribution < -0.4 is 10.6 Å². The number of rotatable bonds is 3. The molecule has 0 atom stereocenters. The van der Waals surface area contributed by atoms with E-state index in [9.17, 15) is 4.79 Å². The van der Waals surface area contributed by atoms with Gasteiger partial charge in [-0.15, -0.1) is 0 Å². The lowest BCUT2D eigenvalue weighted by Crippen LogP contribution is -2.33. The molecule has 1 fully saturated rings. The molecule has 0 unspecified atom stereocenters. The number of aryl methyl sites for hydroxylation is 2. The van der Waals surface area contributed by atoms with E-state index < -0.39 is 0 Å². The highest BCUT2D eigenvalue weighted by Crippen LogP contribution is 2.25. The van der Waals surface area contributed by atoms with E-state index in [1.165, 1.54) is 56.1 Å². The number of nitrogens with one attached hydrogen (secondary N) is 2. The summed E-state index contributed by atoms with van der Waals surface area (Å²) in [7, 11) is 0. The molecule has 0 radical (unpaired) electrons. The van der Waals surface area contributed by atoms with Gasteiger partial charge in [0.2, 0.25) is 0 Å². The van der Waals surface area contributed by atoms with Crippen molar-refractivity contribution in [1.29, 1.82) is 0 Å². The van der Waals surface area contributed by atoms with Gasteiger partial charge in [-0.3, -0.25) is 0 Å². The van der Waals surface area contributed by atoms with E-state index in [1.54, 1.807) is 0 Å². The Bertz CT molecular complexity index is 478. The average molecular weight is 272 g/mol. The summed E-state index contributed by atoms with van der Waals surface area (Å²) in [5.41, 5.74) is 3.76. The van der Waals surface area contributed by atoms with Crippen molar-refractivity contribution in [2.24, 2.45) is 5.92 Å². The minimum atomic E-state index is -0.0616. The van der Waals surface area contributed by atoms with Crippen molar-refractivity contribution in [2.75, 3.05) is 11.9 Å². The second kappa shape index (κ2) is 6.29. The number of carbonyl (C=O) groups excluding carboxylic acids is 1. The van der Waals surface area contributed by atoms with Crippen molar-refractivity contribution in [3.63, 3.8) is 0 Å². The normalized spacial score (nSPS) is 18.6. The van der Waals surface area contributed by atoms with Crippen LogP contribution in [-0.2, 0) is 12.8 Å². The standard InChI is InChI=1S/C17H24N2O/c20-17(18-12-13-5-2-1-3-6-13)19-16-10-9-14-7-4-8-15(14)11-16/h9-11,13H,1-8,12H2,(H2,18,19,20). The number of benzene rings is 1. The highest BCUT2D eigenvalue weighted by atomic mass is 16.2. The quantitative estimate of drug-likeness (QED) is 0.861. The number of urea groups is 1. The Kier molecular flexibility index (Phi) is 4.24. The van der Waals surface area contributed by atoms with Crippen LogP contribution in [0.2, 0.25) is 0 Å². The minimum Gasteiger partial charge on any atom is -0.338 e. The molecule has 1 saturated carbocycles. The lowest BCUT2D eigenvalue weighted by atomic mass is 9.89. The zero-order chi connectivity index (χ0) is 13.8. The molecule has 2 aliphatic rings. The van der Waals surface area contributed by atoms with E-state index in [4.69, 9.17) is 0 Å². The third-order valence-corrected chi connectivity index (χ3v) is 4.63. The van der Waals surface area contributed by atoms with Crippen LogP contribution in [0.4, 0.5) is 10.5 Å². The predicted octanol–water partition coefficient (Wildman–Crippen LogP) is 3.88. The molecule has 2 amide bonds. The zero-order valence-corrected chi connectivity index (χ0v) is 12.1. The molecule has 0 aromatic heterocycles. The summed E-state index contributed by atoms with van der Waals surface area (Å²) in [5, 5.41) is 5.98. The van der Waals surface area contributed by atoms with Gasteiger partial charge in [-0.25, -0.2) is 4.79 Å². The van der Waals surface area contributed by atoms with Gasteiger partial charge >= 0.3 is 6.03 Å². The molecule has 2 aliphatic carbocycles. The molecule has 0 bridgehead atoms. The maximum atomic E-state index is 11.9. The average Bonchev–Trinajstić information content (AvgIpc) is 2.94. The molecular formula is C17H24N2O. The van der Waals surface area contributed by atoms with Gasteiger partial charge in [0.25, 0.3) is 0 Å². The summed E-state index contributed by atoms with van der Waals surface area (Å²) in [6, 6.07) is 6.24. The molecule has 0 aliphatic heterocycles. The van der Waals surface area contributed by atoms with Crippen molar-refractivity contribution in [3.05, 3.63) is 29.3 Å². The molecular weight excluding hydrogens is 248 g/mol. The molecule has 0 saturated heterocycles. The number of amides is 2. The van der Waals surface area contributed by atoms with Crippen LogP contribution in [0, 0.1) is 5.92 Å². The Balaban J connectivity index is 1.48. The number of hydrogen-bond acceptors (Lipinski definition) is 1. The van der Waals surface area contributed by atoms with Crippen molar-refractivity contribution in [2.45, 2.75) is 51.4 Å². The molecule has 108 valence electrons. The van der Waals surface area contributed by atoms with Crippen molar-refractivity contribution >= 4 is 11.7 Å². The summed E-state index contributed by atoms with van der Waals surface area (Å²) in [6.07, 6.45) is 10.1. The smallest absolute Gasteiger partial charge is 0.319 e. The molecule has 2 N–H and O–H groups in total. The summed E-state index contributed by atoms with van der Waals surface area (Å²) in [5.74, 6) is 0.675. The van der Waals surface area contributed by atoms with Crippen molar-refractivity contribution < 1.29 is 4.79 Å². The second-order valence-corrected chi connectivity index (χ2v) is 6.18. The van der Waals surface area contributed by atoms with Gasteiger partial charge in [0.15, 0.2) is 0 Å². The molecule has 0 spiro atoms. The van der Waals surface area contributed by atoms with Gasteiger partial charge in [0.05, 0.1) is 0 Å². The van der Waals surface area contributed by atoms with Crippen LogP contribution in [0.3, 0.4) is 0 Å². The zero-order valence-electron chi connectivity index (χ0n) is 12.1. The molecule has 20 heavy (non-hydrogen) atoms. The highest BCUT2D eigenvalue weighted by Gasteiger charge is 2.15. The largest absolute Gasteiger partial charge is 0.338 e. The van der Waals surface area contributed by atoms with Crippen LogP contribution in [0.25, 0.3) is 0 Å². The Labute approximate surface area is 121 Å². The number of anilines is 1. The fraction of sp³-hybridized carbons (Fsp3) is 0.588. The molecule has 1 aromatic rings. The first-order valence-corrected chi connectivity index (χ1v) is 7.98. The molecule has 3 nitrogen and oxygen atoms in total. The Morgan fingerprint density at radius 2 is 1.85 bits per heavy atom. The second-order valence-electron chi connectivity index (χ2n) is 6.18. The molecule has 3 rings (SSSR count). The summed E-state index contributed by atoms with van der Waals surface area (Å²) < 4.78 is 0. The monoisotopic (exact) mass is 272 g/mol. The van der Waals surface area contributed by atoms with E-state index in [0.717, 1.165) is 18.7 Å². The Morgan fingerprint density at radius 3 is 2.70 bits per heavy atom. The van der Waals surface area contributed by atoms with Crippen LogP contribution in [0.15, 0.2) is 18.2 Å². The van der Waals surface area contributed by atoms with E-state index in [0.29, 0.717) is 5.92 Å². The molecule has 3 heteroatoms. The van der Waals surface area contributed by atoms with E-state index >= 15 is 0 Å². The van der Waals surface area contributed by atoms with E-state index in [-0.39, 0.29) is 6.03 Å². The predicted molar refractivity (Wildman–Crippen MR) is 82.1 cm³/mol. The van der Waals surface area contributed by atoms with Gasteiger partial charge in [-0.1, -0.05) is 25.3 Å². The third kappa shape index (κ3) is 3.33. The lowest BCUT2D eigenvalue weighted by molar-refractivity contribution is 0.247. The highest BCUT2D eigenvalue weighted by molar-refractivity contribution is 5.89. The Hall–Kier alpha value is -1.51. The number of carbonyl (C=O) groups is 1. The SMILES string of the molecule is O=C(NCC1CCCCC1)Nc1ccc2c(c1)CCC2. The molecule has 1 aromatic carbocycles. The topological polar surface area (TPSA) is 41.1 Å². The first kappa shape index (κ1) is 13.5. The number of fused-ring (bicyclic) bond motifs is 1. The van der Waals surface area contributed by atoms with Gasteiger partial charge in [0.1, 0.15) is 0 Å². The van der Waals surface area contributed by atoms with E-state index in [2.05, 4.69) is 22.8 Å². The number of hydrogen-bond donors (Lipinski definition) is 2.